The van der Waals surface area contributed by atoms with Gasteiger partial charge in [-0.25, -0.2) is 8.42 Å². The molecular weight excluding hydrogens is 446 g/mol. The van der Waals surface area contributed by atoms with E-state index in [4.69, 9.17) is 0 Å². The first-order valence-corrected chi connectivity index (χ1v) is 13.6. The van der Waals surface area contributed by atoms with E-state index >= 15 is 0 Å². The van der Waals surface area contributed by atoms with Gasteiger partial charge in [0.25, 0.3) is 0 Å². The van der Waals surface area contributed by atoms with Crippen molar-refractivity contribution in [3.63, 3.8) is 0 Å². The van der Waals surface area contributed by atoms with E-state index in [-0.39, 0.29) is 17.8 Å². The van der Waals surface area contributed by atoms with Crippen LogP contribution in [0.4, 0.5) is 0 Å². The van der Waals surface area contributed by atoms with Crippen molar-refractivity contribution < 1.29 is 13.5 Å². The summed E-state index contributed by atoms with van der Waals surface area (Å²) in [5.74, 6) is 0.227. The molecule has 1 N–H and O–H groups in total. The van der Waals surface area contributed by atoms with Crippen LogP contribution in [0, 0.1) is 0 Å². The molecule has 2 aromatic carbocycles. The topological polar surface area (TPSA) is 64.1 Å². The largest absolute Gasteiger partial charge is 0.508 e. The molecule has 0 aromatic heterocycles. The van der Waals surface area contributed by atoms with Gasteiger partial charge in [-0.1, -0.05) is 50.3 Å². The van der Waals surface area contributed by atoms with Gasteiger partial charge < -0.3 is 5.11 Å². The molecule has 0 bridgehead atoms. The van der Waals surface area contributed by atoms with Crippen LogP contribution in [0.15, 0.2) is 65.6 Å². The summed E-state index contributed by atoms with van der Waals surface area (Å²) >= 11 is 0. The number of piperazine rings is 1. The van der Waals surface area contributed by atoms with Crippen LogP contribution < -0.4 is 0 Å². The van der Waals surface area contributed by atoms with E-state index < -0.39 is 10.0 Å². The summed E-state index contributed by atoms with van der Waals surface area (Å²) < 4.78 is 27.4. The summed E-state index contributed by atoms with van der Waals surface area (Å²) in [7, 11) is -3.51. The first kappa shape index (κ1) is 26.4. The highest BCUT2D eigenvalue weighted by Crippen LogP contribution is 2.35. The standard InChI is InChI=1S/C27H39N3O3S/c1-7-29(8-2)34(32,33)26-14-12-23(13-15-26)27(24-10-9-11-25(31)16-24)30-19-21(5)28(17-20(3)4)18-22(30)6/h9-16,21-22,27,31H,3,7-8,17-19H2,1-2,4-6H3/t21-,22+,27?/m1/s1. The molecule has 186 valence electrons. The zero-order chi connectivity index (χ0) is 25.0. The zero-order valence-corrected chi connectivity index (χ0v) is 21.9. The molecule has 1 aliphatic heterocycles. The SMILES string of the molecule is C=C(C)CN1C[C@H](C)N(C(c2ccc(S(=O)(=O)N(CC)CC)cc2)c2cccc(O)c2)C[C@H]1C. The molecule has 0 spiro atoms. The van der Waals surface area contributed by atoms with Crippen molar-refractivity contribution in [2.24, 2.45) is 0 Å². The molecular formula is C27H39N3O3S. The van der Waals surface area contributed by atoms with Crippen LogP contribution in [0.25, 0.3) is 0 Å². The molecule has 6 nitrogen and oxygen atoms in total. The second-order valence-corrected chi connectivity index (χ2v) is 11.4. The van der Waals surface area contributed by atoms with Crippen LogP contribution in [0.3, 0.4) is 0 Å². The molecule has 0 radical (unpaired) electrons. The number of nitrogens with zero attached hydrogens (tertiary/aromatic N) is 3. The van der Waals surface area contributed by atoms with E-state index in [1.54, 1.807) is 18.2 Å². The smallest absolute Gasteiger partial charge is 0.243 e. The quantitative estimate of drug-likeness (QED) is 0.531. The molecule has 3 atom stereocenters. The summed E-state index contributed by atoms with van der Waals surface area (Å²) in [5, 5.41) is 10.2. The summed E-state index contributed by atoms with van der Waals surface area (Å²) in [6.07, 6.45) is 0. The number of hydrogen-bond donors (Lipinski definition) is 1. The maximum atomic E-state index is 13.0. The van der Waals surface area contributed by atoms with Crippen LogP contribution in [0.1, 0.15) is 51.8 Å². The van der Waals surface area contributed by atoms with Crippen LogP contribution in [0.5, 0.6) is 5.75 Å². The lowest BCUT2D eigenvalue weighted by Crippen LogP contribution is -2.57. The van der Waals surface area contributed by atoms with Gasteiger partial charge >= 0.3 is 0 Å². The molecule has 1 heterocycles. The van der Waals surface area contributed by atoms with E-state index in [1.807, 2.05) is 44.2 Å². The minimum Gasteiger partial charge on any atom is -0.508 e. The predicted octanol–water partition coefficient (Wildman–Crippen LogP) is 4.48. The summed E-state index contributed by atoms with van der Waals surface area (Å²) in [4.78, 5) is 5.23. The second kappa shape index (κ2) is 11.0. The Hall–Kier alpha value is -2.19. The molecule has 0 saturated carbocycles. The molecule has 1 aliphatic rings. The highest BCUT2D eigenvalue weighted by molar-refractivity contribution is 7.89. The van der Waals surface area contributed by atoms with Gasteiger partial charge in [-0.2, -0.15) is 4.31 Å². The van der Waals surface area contributed by atoms with Crippen LogP contribution in [-0.4, -0.2) is 72.4 Å². The third kappa shape index (κ3) is 5.71. The second-order valence-electron chi connectivity index (χ2n) is 9.44. The van der Waals surface area contributed by atoms with E-state index in [9.17, 15) is 13.5 Å². The van der Waals surface area contributed by atoms with Crippen LogP contribution >= 0.6 is 0 Å². The number of benzene rings is 2. The molecule has 34 heavy (non-hydrogen) atoms. The number of rotatable bonds is 9. The lowest BCUT2D eigenvalue weighted by Gasteiger charge is -2.47. The van der Waals surface area contributed by atoms with Gasteiger partial charge in [0.15, 0.2) is 0 Å². The fourth-order valence-electron chi connectivity index (χ4n) is 4.96. The maximum absolute atomic E-state index is 13.0. The monoisotopic (exact) mass is 485 g/mol. The van der Waals surface area contributed by atoms with Crippen molar-refractivity contribution in [3.05, 3.63) is 71.8 Å². The molecule has 0 amide bonds. The van der Waals surface area contributed by atoms with Gasteiger partial charge in [-0.15, -0.1) is 0 Å². The fraction of sp³-hybridized carbons (Fsp3) is 0.481. The van der Waals surface area contributed by atoms with E-state index in [1.165, 1.54) is 4.31 Å². The third-order valence-corrected chi connectivity index (χ3v) is 8.76. The lowest BCUT2D eigenvalue weighted by molar-refractivity contribution is 0.0292. The van der Waals surface area contributed by atoms with Crippen molar-refractivity contribution in [3.8, 4) is 5.75 Å². The Kier molecular flexibility index (Phi) is 8.57. The van der Waals surface area contributed by atoms with Gasteiger partial charge in [-0.05, 0) is 56.2 Å². The van der Waals surface area contributed by atoms with Crippen molar-refractivity contribution >= 4 is 10.0 Å². The van der Waals surface area contributed by atoms with Crippen molar-refractivity contribution in [1.29, 1.82) is 0 Å². The Bertz CT molecular complexity index is 1080. The molecule has 0 aliphatic carbocycles. The number of aromatic hydroxyl groups is 1. The summed E-state index contributed by atoms with van der Waals surface area (Å²) in [6, 6.07) is 15.2. The van der Waals surface area contributed by atoms with Crippen molar-refractivity contribution in [2.75, 3.05) is 32.7 Å². The average molecular weight is 486 g/mol. The Morgan fingerprint density at radius 2 is 1.71 bits per heavy atom. The predicted molar refractivity (Wildman–Crippen MR) is 139 cm³/mol. The van der Waals surface area contributed by atoms with Gasteiger partial charge in [0, 0.05) is 44.8 Å². The van der Waals surface area contributed by atoms with Gasteiger partial charge in [-0.3, -0.25) is 9.80 Å². The molecule has 1 saturated heterocycles. The van der Waals surface area contributed by atoms with Crippen molar-refractivity contribution in [2.45, 2.75) is 57.6 Å². The van der Waals surface area contributed by atoms with Gasteiger partial charge in [0.1, 0.15) is 5.75 Å². The Morgan fingerprint density at radius 1 is 1.06 bits per heavy atom. The minimum atomic E-state index is -3.51. The van der Waals surface area contributed by atoms with Crippen LogP contribution in [0.2, 0.25) is 0 Å². The molecule has 1 fully saturated rings. The van der Waals surface area contributed by atoms with E-state index in [2.05, 4.69) is 37.1 Å². The normalized spacial score (nSPS) is 21.0. The fourth-order valence-corrected chi connectivity index (χ4v) is 6.41. The number of hydrogen-bond acceptors (Lipinski definition) is 5. The Morgan fingerprint density at radius 3 is 2.26 bits per heavy atom. The lowest BCUT2D eigenvalue weighted by atomic mass is 9.93. The van der Waals surface area contributed by atoms with Gasteiger partial charge in [0.2, 0.25) is 10.0 Å². The summed E-state index contributed by atoms with van der Waals surface area (Å²) in [5.41, 5.74) is 3.16. The highest BCUT2D eigenvalue weighted by Gasteiger charge is 2.35. The van der Waals surface area contributed by atoms with Gasteiger partial charge in [0.05, 0.1) is 10.9 Å². The average Bonchev–Trinajstić information content (AvgIpc) is 2.78. The first-order valence-electron chi connectivity index (χ1n) is 12.1. The number of phenols is 1. The number of sulfonamides is 1. The molecule has 7 heteroatoms. The van der Waals surface area contributed by atoms with E-state index in [0.717, 1.165) is 36.3 Å². The van der Waals surface area contributed by atoms with E-state index in [0.29, 0.717) is 24.0 Å². The van der Waals surface area contributed by atoms with Crippen LogP contribution in [-0.2, 0) is 10.0 Å². The molecule has 2 aromatic rings. The summed E-state index contributed by atoms with van der Waals surface area (Å²) in [6.45, 7) is 17.8. The maximum Gasteiger partial charge on any atom is 0.243 e. The van der Waals surface area contributed by atoms with Crippen molar-refractivity contribution in [1.82, 2.24) is 14.1 Å². The molecule has 1 unspecified atom stereocenters. The molecule has 3 rings (SSSR count). The Balaban J connectivity index is 1.99. The Labute approximate surface area is 205 Å². The minimum absolute atomic E-state index is 0.0956. The zero-order valence-electron chi connectivity index (χ0n) is 21.1. The number of phenolic OH excluding ortho intramolecular Hbond substituents is 1. The third-order valence-electron chi connectivity index (χ3n) is 6.69. The highest BCUT2D eigenvalue weighted by atomic mass is 32.2. The first-order chi connectivity index (χ1) is 16.1.